The maximum absolute atomic E-state index is 9.83. The maximum atomic E-state index is 9.83. The molecule has 0 fully saturated rings. The van der Waals surface area contributed by atoms with Crippen LogP contribution in [0.5, 0.6) is 0 Å². The molecule has 1 heterocycles. The first kappa shape index (κ1) is 6.80. The van der Waals surface area contributed by atoms with Crippen molar-refractivity contribution in [1.29, 1.82) is 0 Å². The van der Waals surface area contributed by atoms with Gasteiger partial charge in [0.25, 0.3) is 0 Å². The number of pyridine rings is 1. The lowest BCUT2D eigenvalue weighted by molar-refractivity contribution is 0.00822. The molecule has 1 aromatic rings. The zero-order valence-corrected chi connectivity index (χ0v) is 6.54. The summed E-state index contributed by atoms with van der Waals surface area (Å²) in [5, 5.41) is 9.83. The largest absolute Gasteiger partial charge is 0.385 e. The average molecular weight is 149 g/mol. The SMILES string of the molecule is CCC1(O)Cc2ccncc21. The molecule has 0 saturated heterocycles. The Morgan fingerprint density at radius 2 is 2.55 bits per heavy atom. The van der Waals surface area contributed by atoms with Crippen LogP contribution >= 0.6 is 0 Å². The Morgan fingerprint density at radius 3 is 3.18 bits per heavy atom. The molecule has 1 unspecified atom stereocenters. The summed E-state index contributed by atoms with van der Waals surface area (Å²) in [6.45, 7) is 2.00. The Morgan fingerprint density at radius 1 is 1.73 bits per heavy atom. The van der Waals surface area contributed by atoms with Crippen molar-refractivity contribution in [2.75, 3.05) is 0 Å². The quantitative estimate of drug-likeness (QED) is 0.651. The molecule has 0 aromatic carbocycles. The molecular formula is C9H11NO. The van der Waals surface area contributed by atoms with Gasteiger partial charge in [-0.05, 0) is 18.1 Å². The van der Waals surface area contributed by atoms with Crippen LogP contribution in [0.3, 0.4) is 0 Å². The fourth-order valence-corrected chi connectivity index (χ4v) is 1.62. The van der Waals surface area contributed by atoms with E-state index >= 15 is 0 Å². The average Bonchev–Trinajstić information content (AvgIpc) is 2.02. The fraction of sp³-hybridized carbons (Fsp3) is 0.444. The van der Waals surface area contributed by atoms with Gasteiger partial charge < -0.3 is 5.11 Å². The van der Waals surface area contributed by atoms with E-state index in [9.17, 15) is 5.11 Å². The van der Waals surface area contributed by atoms with E-state index in [1.165, 1.54) is 5.56 Å². The zero-order chi connectivity index (χ0) is 7.90. The molecule has 2 rings (SSSR count). The molecule has 1 aliphatic rings. The number of hydrogen-bond donors (Lipinski definition) is 1. The van der Waals surface area contributed by atoms with E-state index in [2.05, 4.69) is 4.98 Å². The van der Waals surface area contributed by atoms with Crippen LogP contribution in [0.2, 0.25) is 0 Å². The fourth-order valence-electron chi connectivity index (χ4n) is 1.62. The van der Waals surface area contributed by atoms with E-state index < -0.39 is 5.60 Å². The van der Waals surface area contributed by atoms with Crippen molar-refractivity contribution in [1.82, 2.24) is 4.98 Å². The number of aromatic nitrogens is 1. The summed E-state index contributed by atoms with van der Waals surface area (Å²) in [6, 6.07) is 1.97. The maximum Gasteiger partial charge on any atom is 0.0951 e. The van der Waals surface area contributed by atoms with Gasteiger partial charge in [0.2, 0.25) is 0 Å². The van der Waals surface area contributed by atoms with E-state index in [1.54, 1.807) is 12.4 Å². The third-order valence-corrected chi connectivity index (χ3v) is 2.48. The van der Waals surface area contributed by atoms with E-state index in [0.29, 0.717) is 0 Å². The normalized spacial score (nSPS) is 27.5. The minimum atomic E-state index is -0.566. The Bertz CT molecular complexity index is 285. The van der Waals surface area contributed by atoms with Crippen LogP contribution in [-0.4, -0.2) is 10.1 Å². The molecule has 0 bridgehead atoms. The highest BCUT2D eigenvalue weighted by Gasteiger charge is 2.38. The van der Waals surface area contributed by atoms with Gasteiger partial charge in [0.1, 0.15) is 0 Å². The molecule has 2 heteroatoms. The summed E-state index contributed by atoms with van der Waals surface area (Å²) in [6.07, 6.45) is 5.11. The smallest absolute Gasteiger partial charge is 0.0951 e. The summed E-state index contributed by atoms with van der Waals surface area (Å²) in [5.74, 6) is 0. The highest BCUT2D eigenvalue weighted by molar-refractivity contribution is 5.39. The van der Waals surface area contributed by atoms with E-state index in [0.717, 1.165) is 18.4 Å². The molecular weight excluding hydrogens is 138 g/mol. The second-order valence-electron chi connectivity index (χ2n) is 3.09. The van der Waals surface area contributed by atoms with Crippen LogP contribution in [0, 0.1) is 0 Å². The van der Waals surface area contributed by atoms with Gasteiger partial charge in [0.15, 0.2) is 0 Å². The summed E-state index contributed by atoms with van der Waals surface area (Å²) in [5.41, 5.74) is 1.69. The van der Waals surface area contributed by atoms with Crippen LogP contribution in [0.1, 0.15) is 24.5 Å². The zero-order valence-electron chi connectivity index (χ0n) is 6.54. The van der Waals surface area contributed by atoms with Gasteiger partial charge in [-0.3, -0.25) is 4.98 Å². The molecule has 2 nitrogen and oxygen atoms in total. The molecule has 0 aliphatic heterocycles. The molecule has 58 valence electrons. The minimum absolute atomic E-state index is 0.566. The van der Waals surface area contributed by atoms with Crippen molar-refractivity contribution >= 4 is 0 Å². The minimum Gasteiger partial charge on any atom is -0.385 e. The van der Waals surface area contributed by atoms with E-state index in [4.69, 9.17) is 0 Å². The standard InChI is InChI=1S/C9H11NO/c1-2-9(11)5-7-3-4-10-6-8(7)9/h3-4,6,11H,2,5H2,1H3. The molecule has 0 amide bonds. The Labute approximate surface area is 65.9 Å². The summed E-state index contributed by atoms with van der Waals surface area (Å²) >= 11 is 0. The van der Waals surface area contributed by atoms with Crippen LogP contribution in [0.25, 0.3) is 0 Å². The number of rotatable bonds is 1. The summed E-state index contributed by atoms with van der Waals surface area (Å²) in [7, 11) is 0. The van der Waals surface area contributed by atoms with Gasteiger partial charge in [-0.1, -0.05) is 6.92 Å². The first-order valence-corrected chi connectivity index (χ1v) is 3.92. The monoisotopic (exact) mass is 149 g/mol. The van der Waals surface area contributed by atoms with Gasteiger partial charge in [0.05, 0.1) is 5.60 Å². The van der Waals surface area contributed by atoms with Crippen molar-refractivity contribution in [3.63, 3.8) is 0 Å². The van der Waals surface area contributed by atoms with Crippen molar-refractivity contribution in [2.24, 2.45) is 0 Å². The van der Waals surface area contributed by atoms with Gasteiger partial charge in [0, 0.05) is 24.4 Å². The molecule has 0 spiro atoms. The molecule has 1 N–H and O–H groups in total. The molecule has 1 aliphatic carbocycles. The number of hydrogen-bond acceptors (Lipinski definition) is 2. The second-order valence-corrected chi connectivity index (χ2v) is 3.09. The van der Waals surface area contributed by atoms with Crippen molar-refractivity contribution in [3.8, 4) is 0 Å². The molecule has 1 aromatic heterocycles. The first-order chi connectivity index (χ1) is 5.26. The Balaban J connectivity index is 2.43. The molecule has 1 atom stereocenters. The molecule has 11 heavy (non-hydrogen) atoms. The molecule has 0 saturated carbocycles. The van der Waals surface area contributed by atoms with Crippen LogP contribution in [0.4, 0.5) is 0 Å². The second kappa shape index (κ2) is 2.05. The van der Waals surface area contributed by atoms with E-state index in [-0.39, 0.29) is 0 Å². The van der Waals surface area contributed by atoms with Gasteiger partial charge in [-0.15, -0.1) is 0 Å². The third-order valence-electron chi connectivity index (χ3n) is 2.48. The Hall–Kier alpha value is -0.890. The lowest BCUT2D eigenvalue weighted by Gasteiger charge is -2.38. The van der Waals surface area contributed by atoms with E-state index in [1.807, 2.05) is 13.0 Å². The van der Waals surface area contributed by atoms with Gasteiger partial charge >= 0.3 is 0 Å². The predicted molar refractivity (Wildman–Crippen MR) is 42.1 cm³/mol. The topological polar surface area (TPSA) is 33.1 Å². The lowest BCUT2D eigenvalue weighted by atomic mass is 9.73. The predicted octanol–water partition coefficient (Wildman–Crippen LogP) is 1.24. The highest BCUT2D eigenvalue weighted by Crippen LogP contribution is 2.40. The number of aliphatic hydroxyl groups is 1. The first-order valence-electron chi connectivity index (χ1n) is 3.92. The summed E-state index contributed by atoms with van der Waals surface area (Å²) < 4.78 is 0. The lowest BCUT2D eigenvalue weighted by Crippen LogP contribution is -2.37. The third kappa shape index (κ3) is 0.792. The van der Waals surface area contributed by atoms with Gasteiger partial charge in [-0.2, -0.15) is 0 Å². The van der Waals surface area contributed by atoms with Crippen LogP contribution < -0.4 is 0 Å². The highest BCUT2D eigenvalue weighted by atomic mass is 16.3. The number of nitrogens with zero attached hydrogens (tertiary/aromatic N) is 1. The Kier molecular flexibility index (Phi) is 1.26. The van der Waals surface area contributed by atoms with Crippen LogP contribution in [0.15, 0.2) is 18.5 Å². The summed E-state index contributed by atoms with van der Waals surface area (Å²) in [4.78, 5) is 3.98. The van der Waals surface area contributed by atoms with Gasteiger partial charge in [-0.25, -0.2) is 0 Å². The van der Waals surface area contributed by atoms with Crippen molar-refractivity contribution in [3.05, 3.63) is 29.6 Å². The van der Waals surface area contributed by atoms with Crippen molar-refractivity contribution < 1.29 is 5.11 Å². The number of fused-ring (bicyclic) bond motifs is 1. The molecule has 0 radical (unpaired) electrons. The van der Waals surface area contributed by atoms with Crippen molar-refractivity contribution in [2.45, 2.75) is 25.4 Å². The van der Waals surface area contributed by atoms with Crippen LogP contribution in [-0.2, 0) is 12.0 Å².